The molecule has 0 saturated carbocycles. The number of nitrogens with one attached hydrogen (secondary N) is 2. The number of aliphatic imine (C=N–C) groups is 1. The van der Waals surface area contributed by atoms with E-state index in [1.165, 1.54) is 0 Å². The van der Waals surface area contributed by atoms with Gasteiger partial charge in [0.25, 0.3) is 0 Å². The molecular formula is C17H31N5O2. The molecule has 1 aliphatic heterocycles. The molecule has 0 bridgehead atoms. The lowest BCUT2D eigenvalue weighted by Crippen LogP contribution is -2.48. The van der Waals surface area contributed by atoms with Gasteiger partial charge in [0.2, 0.25) is 5.89 Å². The predicted octanol–water partition coefficient (Wildman–Crippen LogP) is 1.36. The number of oxazole rings is 1. The lowest BCUT2D eigenvalue weighted by Gasteiger charge is -2.30. The number of morpholine rings is 1. The topological polar surface area (TPSA) is 74.9 Å². The van der Waals surface area contributed by atoms with Gasteiger partial charge in [-0.15, -0.1) is 0 Å². The van der Waals surface area contributed by atoms with Gasteiger partial charge in [0.05, 0.1) is 18.9 Å². The van der Waals surface area contributed by atoms with Crippen LogP contribution >= 0.6 is 0 Å². The fourth-order valence-corrected chi connectivity index (χ4v) is 2.42. The number of ether oxygens (including phenoxy) is 1. The van der Waals surface area contributed by atoms with Crippen molar-refractivity contribution in [1.82, 2.24) is 20.5 Å². The van der Waals surface area contributed by atoms with Crippen molar-refractivity contribution >= 4 is 5.96 Å². The maximum atomic E-state index is 5.78. The van der Waals surface area contributed by atoms with Crippen LogP contribution in [0.25, 0.3) is 0 Å². The summed E-state index contributed by atoms with van der Waals surface area (Å²) in [5.74, 6) is 2.26. The lowest BCUT2D eigenvalue weighted by atomic mass is 9.94. The van der Waals surface area contributed by atoms with E-state index in [1.54, 1.807) is 6.20 Å². The minimum Gasteiger partial charge on any atom is -0.443 e. The van der Waals surface area contributed by atoms with E-state index in [9.17, 15) is 0 Å². The fraction of sp³-hybridized carbons (Fsp3) is 0.765. The summed E-state index contributed by atoms with van der Waals surface area (Å²) in [5.41, 5.74) is -0.0396. The van der Waals surface area contributed by atoms with Gasteiger partial charge in [-0.1, -0.05) is 20.8 Å². The Morgan fingerprint density at radius 3 is 2.83 bits per heavy atom. The third kappa shape index (κ3) is 5.79. The number of nitrogens with zero attached hydrogens (tertiary/aromatic N) is 3. The molecule has 1 fully saturated rings. The van der Waals surface area contributed by atoms with Crippen molar-refractivity contribution < 1.29 is 9.15 Å². The number of likely N-dealkylation sites (N-methyl/N-ethyl adjacent to an activating group) is 1. The van der Waals surface area contributed by atoms with Crippen molar-refractivity contribution in [2.45, 2.75) is 45.8 Å². The van der Waals surface area contributed by atoms with Crippen molar-refractivity contribution in [1.29, 1.82) is 0 Å². The van der Waals surface area contributed by atoms with Crippen LogP contribution in [0, 0.1) is 0 Å². The molecule has 1 saturated heterocycles. The van der Waals surface area contributed by atoms with Gasteiger partial charge in [0.15, 0.2) is 5.96 Å². The summed E-state index contributed by atoms with van der Waals surface area (Å²) in [6, 6.07) is 0. The predicted molar refractivity (Wildman–Crippen MR) is 95.3 cm³/mol. The molecule has 1 aromatic rings. The normalized spacial score (nSPS) is 20.2. The Kier molecular flexibility index (Phi) is 6.62. The second-order valence-electron chi connectivity index (χ2n) is 7.20. The Labute approximate surface area is 144 Å². The fourth-order valence-electron chi connectivity index (χ4n) is 2.42. The van der Waals surface area contributed by atoms with E-state index in [4.69, 9.17) is 9.15 Å². The summed E-state index contributed by atoms with van der Waals surface area (Å²) in [6.45, 7) is 13.0. The van der Waals surface area contributed by atoms with Crippen molar-refractivity contribution in [2.24, 2.45) is 4.99 Å². The van der Waals surface area contributed by atoms with Gasteiger partial charge in [-0.3, -0.25) is 0 Å². The molecule has 7 heteroatoms. The summed E-state index contributed by atoms with van der Waals surface area (Å²) in [7, 11) is 2.12. The highest BCUT2D eigenvalue weighted by atomic mass is 16.5. The SMILES string of the molecule is CCNC(=NCc1ncc(C(C)(C)C)o1)NCC1CN(C)CCO1. The Bertz CT molecular complexity index is 535. The average molecular weight is 337 g/mol. The summed E-state index contributed by atoms with van der Waals surface area (Å²) in [4.78, 5) is 11.1. The maximum absolute atomic E-state index is 5.78. The molecule has 24 heavy (non-hydrogen) atoms. The number of rotatable bonds is 5. The van der Waals surface area contributed by atoms with Crippen molar-refractivity contribution in [3.05, 3.63) is 17.8 Å². The van der Waals surface area contributed by atoms with E-state index in [2.05, 4.69) is 53.3 Å². The van der Waals surface area contributed by atoms with Gasteiger partial charge < -0.3 is 24.7 Å². The van der Waals surface area contributed by atoms with Crippen molar-refractivity contribution in [2.75, 3.05) is 39.8 Å². The zero-order chi connectivity index (χ0) is 17.6. The van der Waals surface area contributed by atoms with Crippen molar-refractivity contribution in [3.63, 3.8) is 0 Å². The van der Waals surface area contributed by atoms with Crippen LogP contribution in [0.1, 0.15) is 39.3 Å². The zero-order valence-corrected chi connectivity index (χ0v) is 15.6. The summed E-state index contributed by atoms with van der Waals surface area (Å²) in [6.07, 6.45) is 1.97. The Morgan fingerprint density at radius 1 is 1.42 bits per heavy atom. The first-order chi connectivity index (χ1) is 11.4. The lowest BCUT2D eigenvalue weighted by molar-refractivity contribution is -0.0161. The second-order valence-corrected chi connectivity index (χ2v) is 7.20. The van der Waals surface area contributed by atoms with Crippen LogP contribution in [0.5, 0.6) is 0 Å². The van der Waals surface area contributed by atoms with Gasteiger partial charge in [0, 0.05) is 31.6 Å². The van der Waals surface area contributed by atoms with Crippen LogP contribution in [-0.2, 0) is 16.7 Å². The highest BCUT2D eigenvalue weighted by Gasteiger charge is 2.19. The summed E-state index contributed by atoms with van der Waals surface area (Å²) in [5, 5.41) is 6.58. The third-order valence-electron chi connectivity index (χ3n) is 3.85. The quantitative estimate of drug-likeness (QED) is 0.624. The van der Waals surface area contributed by atoms with Crippen LogP contribution in [0.15, 0.2) is 15.6 Å². The van der Waals surface area contributed by atoms with Crippen molar-refractivity contribution in [3.8, 4) is 0 Å². The Balaban J connectivity index is 1.89. The molecule has 1 atom stereocenters. The van der Waals surface area contributed by atoms with Gasteiger partial charge in [-0.25, -0.2) is 9.98 Å². The first-order valence-electron chi connectivity index (χ1n) is 8.66. The van der Waals surface area contributed by atoms with Gasteiger partial charge in [-0.2, -0.15) is 0 Å². The van der Waals surface area contributed by atoms with Crippen LogP contribution in [0.2, 0.25) is 0 Å². The zero-order valence-electron chi connectivity index (χ0n) is 15.6. The largest absolute Gasteiger partial charge is 0.443 e. The first-order valence-corrected chi connectivity index (χ1v) is 8.66. The Hall–Kier alpha value is -1.60. The molecule has 7 nitrogen and oxygen atoms in total. The van der Waals surface area contributed by atoms with Crippen LogP contribution in [0.4, 0.5) is 0 Å². The highest BCUT2D eigenvalue weighted by molar-refractivity contribution is 5.79. The molecule has 0 spiro atoms. The van der Waals surface area contributed by atoms with Crippen LogP contribution < -0.4 is 10.6 Å². The van der Waals surface area contributed by atoms with Crippen LogP contribution in [0.3, 0.4) is 0 Å². The van der Waals surface area contributed by atoms with Gasteiger partial charge in [0.1, 0.15) is 12.3 Å². The molecule has 2 N–H and O–H groups in total. The summed E-state index contributed by atoms with van der Waals surface area (Å²) >= 11 is 0. The van der Waals surface area contributed by atoms with E-state index in [-0.39, 0.29) is 11.5 Å². The number of hydrogen-bond donors (Lipinski definition) is 2. The first kappa shape index (κ1) is 18.7. The van der Waals surface area contributed by atoms with Crippen LogP contribution in [-0.4, -0.2) is 61.8 Å². The highest BCUT2D eigenvalue weighted by Crippen LogP contribution is 2.22. The minimum atomic E-state index is -0.0396. The molecule has 0 aromatic carbocycles. The second kappa shape index (κ2) is 8.48. The molecule has 0 aliphatic carbocycles. The monoisotopic (exact) mass is 337 g/mol. The van der Waals surface area contributed by atoms with E-state index in [0.717, 1.165) is 44.5 Å². The standard InChI is InChI=1S/C17H31N5O2/c1-6-18-16(20-9-13-12-22(5)7-8-23-13)21-11-15-19-10-14(24-15)17(2,3)4/h10,13H,6-9,11-12H2,1-5H3,(H2,18,20,21). The molecular weight excluding hydrogens is 306 g/mol. The third-order valence-corrected chi connectivity index (χ3v) is 3.85. The van der Waals surface area contributed by atoms with E-state index in [0.29, 0.717) is 12.4 Å². The molecule has 1 unspecified atom stereocenters. The molecule has 2 heterocycles. The smallest absolute Gasteiger partial charge is 0.216 e. The number of guanidine groups is 1. The average Bonchev–Trinajstić information content (AvgIpc) is 2.99. The van der Waals surface area contributed by atoms with Gasteiger partial charge in [-0.05, 0) is 14.0 Å². The van der Waals surface area contributed by atoms with E-state index < -0.39 is 0 Å². The van der Waals surface area contributed by atoms with E-state index >= 15 is 0 Å². The number of hydrogen-bond acceptors (Lipinski definition) is 5. The minimum absolute atomic E-state index is 0.0396. The molecule has 2 rings (SSSR count). The Morgan fingerprint density at radius 2 is 2.21 bits per heavy atom. The molecule has 1 aromatic heterocycles. The van der Waals surface area contributed by atoms with Gasteiger partial charge >= 0.3 is 0 Å². The van der Waals surface area contributed by atoms with E-state index in [1.807, 2.05) is 6.92 Å². The molecule has 1 aliphatic rings. The number of aromatic nitrogens is 1. The molecule has 136 valence electrons. The maximum Gasteiger partial charge on any atom is 0.216 e. The molecule has 0 radical (unpaired) electrons. The summed E-state index contributed by atoms with van der Waals surface area (Å²) < 4.78 is 11.5. The molecule has 0 amide bonds.